The normalized spacial score (nSPS) is 14.1. The Kier molecular flexibility index (Phi) is 3.02. The van der Waals surface area contributed by atoms with Gasteiger partial charge in [-0.2, -0.15) is 0 Å². The first-order chi connectivity index (χ1) is 7.31. The highest BCUT2D eigenvalue weighted by Crippen LogP contribution is 2.22. The van der Waals surface area contributed by atoms with Crippen LogP contribution in [0.4, 0.5) is 0 Å². The lowest BCUT2D eigenvalue weighted by Crippen LogP contribution is -2.25. The Labute approximate surface area is 89.9 Å². The summed E-state index contributed by atoms with van der Waals surface area (Å²) in [5.41, 5.74) is 7.94. The van der Waals surface area contributed by atoms with Crippen LogP contribution >= 0.6 is 0 Å². The maximum atomic E-state index is 11.7. The van der Waals surface area contributed by atoms with E-state index in [1.54, 1.807) is 0 Å². The van der Waals surface area contributed by atoms with E-state index in [0.29, 0.717) is 13.0 Å². The Hall–Kier alpha value is -1.35. The van der Waals surface area contributed by atoms with Crippen LogP contribution in [0.15, 0.2) is 24.3 Å². The fraction of sp³-hybridized carbons (Fsp3) is 0.417. The van der Waals surface area contributed by atoms with Crippen molar-refractivity contribution in [3.63, 3.8) is 0 Å². The molecule has 1 aromatic rings. The second kappa shape index (κ2) is 4.45. The zero-order valence-electron chi connectivity index (χ0n) is 8.78. The van der Waals surface area contributed by atoms with Crippen LogP contribution in [0.2, 0.25) is 0 Å². The lowest BCUT2D eigenvalue weighted by atomic mass is 10.1. The van der Waals surface area contributed by atoms with Crippen molar-refractivity contribution >= 4 is 5.91 Å². The zero-order chi connectivity index (χ0) is 10.7. The first-order valence-corrected chi connectivity index (χ1v) is 5.36. The second-order valence-corrected chi connectivity index (χ2v) is 3.91. The van der Waals surface area contributed by atoms with Crippen molar-refractivity contribution in [3.05, 3.63) is 35.4 Å². The monoisotopic (exact) mass is 204 g/mol. The molecular formula is C12H16N2O. The van der Waals surface area contributed by atoms with Gasteiger partial charge in [0.1, 0.15) is 0 Å². The van der Waals surface area contributed by atoms with E-state index in [1.807, 2.05) is 17.0 Å². The average molecular weight is 204 g/mol. The van der Waals surface area contributed by atoms with Crippen LogP contribution in [0.5, 0.6) is 0 Å². The molecule has 1 amide bonds. The minimum atomic E-state index is 0.219. The number of benzene rings is 1. The van der Waals surface area contributed by atoms with Crippen LogP contribution in [0, 0.1) is 0 Å². The summed E-state index contributed by atoms with van der Waals surface area (Å²) in [5, 5.41) is 0. The molecule has 0 saturated heterocycles. The quantitative estimate of drug-likeness (QED) is 0.806. The van der Waals surface area contributed by atoms with E-state index in [4.69, 9.17) is 5.73 Å². The van der Waals surface area contributed by atoms with Crippen LogP contribution in [-0.4, -0.2) is 17.4 Å². The molecule has 2 N–H and O–H groups in total. The Morgan fingerprint density at radius 3 is 2.40 bits per heavy atom. The molecule has 80 valence electrons. The van der Waals surface area contributed by atoms with Crippen LogP contribution in [0.25, 0.3) is 0 Å². The fourth-order valence-corrected chi connectivity index (χ4v) is 1.92. The number of amides is 1. The standard InChI is InChI=1S/C12H16N2O/c13-7-3-6-12(15)14-8-10-4-1-2-5-11(10)9-14/h1-2,4-5H,3,6-9,13H2. The summed E-state index contributed by atoms with van der Waals surface area (Å²) < 4.78 is 0. The summed E-state index contributed by atoms with van der Waals surface area (Å²) in [5.74, 6) is 0.219. The number of nitrogens with two attached hydrogens (primary N) is 1. The number of hydrogen-bond donors (Lipinski definition) is 1. The largest absolute Gasteiger partial charge is 0.334 e. The number of carbonyl (C=O) groups is 1. The van der Waals surface area contributed by atoms with Crippen molar-refractivity contribution in [1.29, 1.82) is 0 Å². The van der Waals surface area contributed by atoms with Crippen molar-refractivity contribution < 1.29 is 4.79 Å². The van der Waals surface area contributed by atoms with Gasteiger partial charge in [0.25, 0.3) is 0 Å². The highest BCUT2D eigenvalue weighted by molar-refractivity contribution is 5.76. The Morgan fingerprint density at radius 2 is 1.87 bits per heavy atom. The zero-order valence-corrected chi connectivity index (χ0v) is 8.78. The third-order valence-corrected chi connectivity index (χ3v) is 2.79. The molecule has 0 saturated carbocycles. The molecule has 1 aromatic carbocycles. The van der Waals surface area contributed by atoms with Gasteiger partial charge in [-0.3, -0.25) is 4.79 Å². The van der Waals surface area contributed by atoms with Crippen molar-refractivity contribution in [1.82, 2.24) is 4.90 Å². The van der Waals surface area contributed by atoms with E-state index in [-0.39, 0.29) is 5.91 Å². The molecule has 0 fully saturated rings. The smallest absolute Gasteiger partial charge is 0.223 e. The number of rotatable bonds is 3. The van der Waals surface area contributed by atoms with Gasteiger partial charge >= 0.3 is 0 Å². The third-order valence-electron chi connectivity index (χ3n) is 2.79. The van der Waals surface area contributed by atoms with E-state index in [9.17, 15) is 4.79 Å². The molecule has 1 aliphatic rings. The summed E-state index contributed by atoms with van der Waals surface area (Å²) in [7, 11) is 0. The van der Waals surface area contributed by atoms with Crippen molar-refractivity contribution in [3.8, 4) is 0 Å². The van der Waals surface area contributed by atoms with E-state index < -0.39 is 0 Å². The van der Waals surface area contributed by atoms with Gasteiger partial charge in [-0.1, -0.05) is 24.3 Å². The summed E-state index contributed by atoms with van der Waals surface area (Å²) in [6.07, 6.45) is 1.36. The van der Waals surface area contributed by atoms with Gasteiger partial charge in [-0.05, 0) is 24.1 Å². The van der Waals surface area contributed by atoms with Crippen molar-refractivity contribution in [2.45, 2.75) is 25.9 Å². The second-order valence-electron chi connectivity index (χ2n) is 3.91. The Bertz CT molecular complexity index is 337. The molecule has 0 radical (unpaired) electrons. The minimum Gasteiger partial charge on any atom is -0.334 e. The van der Waals surface area contributed by atoms with Crippen LogP contribution in [0.3, 0.4) is 0 Å². The predicted molar refractivity (Wildman–Crippen MR) is 59.0 cm³/mol. The van der Waals surface area contributed by atoms with Crippen molar-refractivity contribution in [2.75, 3.05) is 6.54 Å². The first-order valence-electron chi connectivity index (χ1n) is 5.36. The number of carbonyl (C=O) groups excluding carboxylic acids is 1. The molecule has 1 heterocycles. The third kappa shape index (κ3) is 2.18. The van der Waals surface area contributed by atoms with Gasteiger partial charge in [0.2, 0.25) is 5.91 Å². The summed E-state index contributed by atoms with van der Waals surface area (Å²) in [4.78, 5) is 13.6. The summed E-state index contributed by atoms with van der Waals surface area (Å²) >= 11 is 0. The molecule has 3 heteroatoms. The lowest BCUT2D eigenvalue weighted by Gasteiger charge is -2.14. The topological polar surface area (TPSA) is 46.3 Å². The van der Waals surface area contributed by atoms with Gasteiger partial charge in [0.15, 0.2) is 0 Å². The van der Waals surface area contributed by atoms with E-state index in [0.717, 1.165) is 19.5 Å². The van der Waals surface area contributed by atoms with E-state index in [2.05, 4.69) is 12.1 Å². The van der Waals surface area contributed by atoms with Gasteiger partial charge < -0.3 is 10.6 Å². The minimum absolute atomic E-state index is 0.219. The van der Waals surface area contributed by atoms with Crippen LogP contribution in [-0.2, 0) is 17.9 Å². The highest BCUT2D eigenvalue weighted by Gasteiger charge is 2.21. The predicted octanol–water partition coefficient (Wildman–Crippen LogP) is 1.27. The van der Waals surface area contributed by atoms with E-state index in [1.165, 1.54) is 11.1 Å². The van der Waals surface area contributed by atoms with E-state index >= 15 is 0 Å². The molecule has 2 rings (SSSR count). The molecular weight excluding hydrogens is 188 g/mol. The molecule has 0 aliphatic carbocycles. The summed E-state index contributed by atoms with van der Waals surface area (Å²) in [6, 6.07) is 8.22. The maximum Gasteiger partial charge on any atom is 0.223 e. The van der Waals surface area contributed by atoms with Gasteiger partial charge in [-0.15, -0.1) is 0 Å². The number of hydrogen-bond acceptors (Lipinski definition) is 2. The molecule has 1 aliphatic heterocycles. The SMILES string of the molecule is NCCCC(=O)N1Cc2ccccc2C1. The molecule has 0 aromatic heterocycles. The first kappa shape index (κ1) is 10.2. The maximum absolute atomic E-state index is 11.7. The number of fused-ring (bicyclic) bond motifs is 1. The van der Waals surface area contributed by atoms with Crippen LogP contribution < -0.4 is 5.73 Å². The molecule has 15 heavy (non-hydrogen) atoms. The Morgan fingerprint density at radius 1 is 1.27 bits per heavy atom. The molecule has 0 unspecified atom stereocenters. The number of nitrogens with zero attached hydrogens (tertiary/aromatic N) is 1. The van der Waals surface area contributed by atoms with Crippen molar-refractivity contribution in [2.24, 2.45) is 5.73 Å². The fourth-order valence-electron chi connectivity index (χ4n) is 1.92. The molecule has 0 bridgehead atoms. The lowest BCUT2D eigenvalue weighted by molar-refractivity contribution is -0.131. The highest BCUT2D eigenvalue weighted by atomic mass is 16.2. The molecule has 3 nitrogen and oxygen atoms in total. The molecule has 0 spiro atoms. The molecule has 0 atom stereocenters. The average Bonchev–Trinajstić information content (AvgIpc) is 2.69. The summed E-state index contributed by atoms with van der Waals surface area (Å²) in [6.45, 7) is 2.12. The Balaban J connectivity index is 1.98. The van der Waals surface area contributed by atoms with Crippen LogP contribution in [0.1, 0.15) is 24.0 Å². The van der Waals surface area contributed by atoms with Gasteiger partial charge in [0.05, 0.1) is 0 Å². The van der Waals surface area contributed by atoms with Gasteiger partial charge in [0, 0.05) is 19.5 Å². The van der Waals surface area contributed by atoms with Gasteiger partial charge in [-0.25, -0.2) is 0 Å².